The molecule has 0 radical (unpaired) electrons. The molecule has 5 nitrogen and oxygen atoms in total. The number of carbonyl (C=O) groups is 1. The van der Waals surface area contributed by atoms with E-state index in [0.29, 0.717) is 38.5 Å². The SMILES string of the molecule is N#CCCCCC(C1CCCC(=O)C1)[N+](=O)[O-]. The zero-order chi connectivity index (χ0) is 12.7. The average Bonchev–Trinajstić information content (AvgIpc) is 2.28. The number of nitrogens with zero attached hydrogens (tertiary/aromatic N) is 2. The molecule has 0 spiro atoms. The molecule has 0 saturated heterocycles. The van der Waals surface area contributed by atoms with Crippen molar-refractivity contribution in [1.29, 1.82) is 5.26 Å². The first-order valence-electron chi connectivity index (χ1n) is 6.17. The Morgan fingerprint density at radius 2 is 2.29 bits per heavy atom. The molecule has 0 aromatic rings. The van der Waals surface area contributed by atoms with Gasteiger partial charge >= 0.3 is 0 Å². The van der Waals surface area contributed by atoms with Gasteiger partial charge in [-0.25, -0.2) is 0 Å². The van der Waals surface area contributed by atoms with Gasteiger partial charge in [0.25, 0.3) is 0 Å². The first-order chi connectivity index (χ1) is 8.15. The van der Waals surface area contributed by atoms with Gasteiger partial charge in [0, 0.05) is 36.5 Å². The van der Waals surface area contributed by atoms with Crippen molar-refractivity contribution in [3.05, 3.63) is 10.1 Å². The molecule has 1 saturated carbocycles. The van der Waals surface area contributed by atoms with Crippen molar-refractivity contribution < 1.29 is 9.72 Å². The lowest BCUT2D eigenvalue weighted by Gasteiger charge is -2.23. The maximum Gasteiger partial charge on any atom is 0.216 e. The highest BCUT2D eigenvalue weighted by Crippen LogP contribution is 2.28. The molecule has 0 N–H and O–H groups in total. The smallest absolute Gasteiger partial charge is 0.216 e. The molecular formula is C12H18N2O3. The molecule has 2 atom stereocenters. The summed E-state index contributed by atoms with van der Waals surface area (Å²) in [5, 5.41) is 19.4. The van der Waals surface area contributed by atoms with Crippen LogP contribution in [0.15, 0.2) is 0 Å². The monoisotopic (exact) mass is 238 g/mol. The fourth-order valence-electron chi connectivity index (χ4n) is 2.46. The second kappa shape index (κ2) is 7.00. The number of hydrogen-bond acceptors (Lipinski definition) is 4. The molecule has 1 fully saturated rings. The lowest BCUT2D eigenvalue weighted by Crippen LogP contribution is -2.33. The van der Waals surface area contributed by atoms with E-state index in [1.807, 2.05) is 6.07 Å². The highest BCUT2D eigenvalue weighted by Gasteiger charge is 2.34. The Labute approximate surface area is 101 Å². The van der Waals surface area contributed by atoms with E-state index < -0.39 is 6.04 Å². The van der Waals surface area contributed by atoms with Crippen molar-refractivity contribution >= 4 is 5.78 Å². The zero-order valence-corrected chi connectivity index (χ0v) is 9.93. The predicted molar refractivity (Wildman–Crippen MR) is 61.8 cm³/mol. The Hall–Kier alpha value is -1.44. The van der Waals surface area contributed by atoms with Crippen LogP contribution in [0.4, 0.5) is 0 Å². The minimum atomic E-state index is -0.599. The molecular weight excluding hydrogens is 220 g/mol. The normalized spacial score (nSPS) is 21.8. The number of hydrogen-bond donors (Lipinski definition) is 0. The third-order valence-corrected chi connectivity index (χ3v) is 3.37. The minimum absolute atomic E-state index is 0.0895. The maximum absolute atomic E-state index is 11.3. The standard InChI is InChI=1S/C12H18N2O3/c13-8-3-1-2-7-12(14(16)17)10-5-4-6-11(15)9-10/h10,12H,1-7,9H2. The number of Topliss-reactive ketones (excluding diaryl/α,β-unsaturated/α-hetero) is 1. The van der Waals surface area contributed by atoms with Crippen molar-refractivity contribution in [1.82, 2.24) is 0 Å². The van der Waals surface area contributed by atoms with E-state index in [-0.39, 0.29) is 16.6 Å². The first kappa shape index (κ1) is 13.6. The van der Waals surface area contributed by atoms with E-state index in [2.05, 4.69) is 0 Å². The van der Waals surface area contributed by atoms with Gasteiger partial charge in [0.2, 0.25) is 6.04 Å². The van der Waals surface area contributed by atoms with Crippen LogP contribution >= 0.6 is 0 Å². The Kier molecular flexibility index (Phi) is 5.61. The topological polar surface area (TPSA) is 84.0 Å². The molecule has 0 aromatic carbocycles. The lowest BCUT2D eigenvalue weighted by molar-refractivity contribution is -0.533. The lowest BCUT2D eigenvalue weighted by atomic mass is 9.81. The van der Waals surface area contributed by atoms with Crippen LogP contribution in [-0.2, 0) is 4.79 Å². The molecule has 94 valence electrons. The van der Waals surface area contributed by atoms with E-state index in [9.17, 15) is 14.9 Å². The minimum Gasteiger partial charge on any atom is -0.300 e. The van der Waals surface area contributed by atoms with Crippen LogP contribution in [-0.4, -0.2) is 16.7 Å². The molecule has 0 bridgehead atoms. The third-order valence-electron chi connectivity index (χ3n) is 3.37. The second-order valence-electron chi connectivity index (χ2n) is 4.65. The van der Waals surface area contributed by atoms with Crippen LogP contribution in [0.2, 0.25) is 0 Å². The Bertz CT molecular complexity index is 322. The van der Waals surface area contributed by atoms with Gasteiger partial charge in [-0.3, -0.25) is 14.9 Å². The quantitative estimate of drug-likeness (QED) is 0.404. The Morgan fingerprint density at radius 3 is 2.88 bits per heavy atom. The van der Waals surface area contributed by atoms with Crippen molar-refractivity contribution in [2.75, 3.05) is 0 Å². The molecule has 1 aliphatic rings. The van der Waals surface area contributed by atoms with Gasteiger partial charge in [-0.15, -0.1) is 0 Å². The number of ketones is 1. The summed E-state index contributed by atoms with van der Waals surface area (Å²) in [5.41, 5.74) is 0. The highest BCUT2D eigenvalue weighted by atomic mass is 16.6. The van der Waals surface area contributed by atoms with E-state index in [4.69, 9.17) is 5.26 Å². The summed E-state index contributed by atoms with van der Waals surface area (Å²) >= 11 is 0. The summed E-state index contributed by atoms with van der Waals surface area (Å²) in [5.74, 6) is 0.0680. The number of unbranched alkanes of at least 4 members (excludes halogenated alkanes) is 2. The second-order valence-corrected chi connectivity index (χ2v) is 4.65. The number of nitro groups is 1. The van der Waals surface area contributed by atoms with E-state index in [0.717, 1.165) is 12.8 Å². The highest BCUT2D eigenvalue weighted by molar-refractivity contribution is 5.79. The average molecular weight is 238 g/mol. The van der Waals surface area contributed by atoms with Gasteiger partial charge in [0.1, 0.15) is 5.78 Å². The van der Waals surface area contributed by atoms with Crippen molar-refractivity contribution in [3.63, 3.8) is 0 Å². The van der Waals surface area contributed by atoms with Crippen LogP contribution in [0, 0.1) is 27.4 Å². The van der Waals surface area contributed by atoms with Crippen LogP contribution in [0.3, 0.4) is 0 Å². The number of rotatable bonds is 6. The summed E-state index contributed by atoms with van der Waals surface area (Å²) in [6.45, 7) is 0. The summed E-state index contributed by atoms with van der Waals surface area (Å²) < 4.78 is 0. The van der Waals surface area contributed by atoms with Crippen LogP contribution in [0.5, 0.6) is 0 Å². The first-order valence-corrected chi connectivity index (χ1v) is 6.17. The zero-order valence-electron chi connectivity index (χ0n) is 9.93. The maximum atomic E-state index is 11.3. The van der Waals surface area contributed by atoms with Crippen molar-refractivity contribution in [3.8, 4) is 6.07 Å². The molecule has 0 aliphatic heterocycles. The molecule has 1 rings (SSSR count). The largest absolute Gasteiger partial charge is 0.300 e. The van der Waals surface area contributed by atoms with Gasteiger partial charge < -0.3 is 0 Å². The van der Waals surface area contributed by atoms with Crippen molar-refractivity contribution in [2.45, 2.75) is 57.4 Å². The van der Waals surface area contributed by atoms with Crippen LogP contribution in [0.25, 0.3) is 0 Å². The van der Waals surface area contributed by atoms with Crippen LogP contribution in [0.1, 0.15) is 51.4 Å². The Balaban J connectivity index is 2.44. The van der Waals surface area contributed by atoms with Gasteiger partial charge in [-0.2, -0.15) is 5.26 Å². The number of nitriles is 1. The van der Waals surface area contributed by atoms with E-state index in [1.54, 1.807) is 0 Å². The molecule has 0 amide bonds. The van der Waals surface area contributed by atoms with Gasteiger partial charge in [-0.05, 0) is 25.7 Å². The number of carbonyl (C=O) groups excluding carboxylic acids is 1. The fourth-order valence-corrected chi connectivity index (χ4v) is 2.46. The van der Waals surface area contributed by atoms with Gasteiger partial charge in [0.05, 0.1) is 6.07 Å². The molecule has 1 aliphatic carbocycles. The summed E-state index contributed by atoms with van der Waals surface area (Å²) in [6.07, 6.45) is 4.87. The molecule has 0 heterocycles. The van der Waals surface area contributed by atoms with Gasteiger partial charge in [-0.1, -0.05) is 0 Å². The summed E-state index contributed by atoms with van der Waals surface area (Å²) in [4.78, 5) is 22.1. The third kappa shape index (κ3) is 4.51. The van der Waals surface area contributed by atoms with Crippen LogP contribution < -0.4 is 0 Å². The molecule has 0 aromatic heterocycles. The van der Waals surface area contributed by atoms with E-state index >= 15 is 0 Å². The predicted octanol–water partition coefficient (Wildman–Crippen LogP) is 2.47. The fraction of sp³-hybridized carbons (Fsp3) is 0.833. The summed E-state index contributed by atoms with van der Waals surface area (Å²) in [6, 6.07) is 1.43. The molecule has 17 heavy (non-hydrogen) atoms. The van der Waals surface area contributed by atoms with Gasteiger partial charge in [0.15, 0.2) is 0 Å². The molecule has 2 unspecified atom stereocenters. The summed E-state index contributed by atoms with van der Waals surface area (Å²) in [7, 11) is 0. The van der Waals surface area contributed by atoms with E-state index in [1.165, 1.54) is 0 Å². The Morgan fingerprint density at radius 1 is 1.53 bits per heavy atom. The molecule has 5 heteroatoms. The van der Waals surface area contributed by atoms with Crippen molar-refractivity contribution in [2.24, 2.45) is 5.92 Å².